The van der Waals surface area contributed by atoms with Crippen molar-refractivity contribution in [2.24, 2.45) is 4.99 Å². The Morgan fingerprint density at radius 2 is 2.25 bits per heavy atom. The maximum Gasteiger partial charge on any atom is 0.302 e. The van der Waals surface area contributed by atoms with Crippen LogP contribution < -0.4 is 5.36 Å². The fourth-order valence-corrected chi connectivity index (χ4v) is 1.58. The van der Waals surface area contributed by atoms with Gasteiger partial charge >= 0.3 is 5.24 Å². The van der Waals surface area contributed by atoms with Gasteiger partial charge in [-0.2, -0.15) is 5.10 Å². The van der Waals surface area contributed by atoms with Crippen LogP contribution in [-0.2, 0) is 0 Å². The zero-order valence-corrected chi connectivity index (χ0v) is 9.42. The number of carbonyl (C=O) groups is 1. The smallest absolute Gasteiger partial charge is 0.262 e. The van der Waals surface area contributed by atoms with Gasteiger partial charge in [-0.15, -0.1) is 0 Å². The van der Waals surface area contributed by atoms with E-state index in [2.05, 4.69) is 47.0 Å². The zero-order chi connectivity index (χ0) is 11.4. The fourth-order valence-electron chi connectivity index (χ4n) is 1.47. The minimum absolute atomic E-state index is 0.148. The lowest BCUT2D eigenvalue weighted by molar-refractivity contribution is 0.267. The third-order valence-corrected chi connectivity index (χ3v) is 2.29. The molecule has 1 aliphatic rings. The Labute approximate surface area is 98.4 Å². The van der Waals surface area contributed by atoms with E-state index >= 15 is 0 Å². The molecule has 0 spiro atoms. The molecule has 0 aliphatic heterocycles. The third-order valence-electron chi connectivity index (χ3n) is 2.19. The second kappa shape index (κ2) is 4.94. The molecule has 0 saturated carbocycles. The predicted molar refractivity (Wildman–Crippen MR) is 64.1 cm³/mol. The molecule has 0 unspecified atom stereocenters. The lowest BCUT2D eigenvalue weighted by atomic mass is 10.1. The Kier molecular flexibility index (Phi) is 3.36. The molecule has 1 heterocycles. The number of hydrogen-bond donors (Lipinski definition) is 1. The normalized spacial score (nSPS) is 16.7. The van der Waals surface area contributed by atoms with Gasteiger partial charge in [0.1, 0.15) is 0 Å². The van der Waals surface area contributed by atoms with Crippen LogP contribution >= 0.6 is 12.6 Å². The largest absolute Gasteiger partial charge is 0.302 e. The molecule has 4 nitrogen and oxygen atoms in total. The summed E-state index contributed by atoms with van der Waals surface area (Å²) in [6, 6.07) is 1.88. The summed E-state index contributed by atoms with van der Waals surface area (Å²) in [7, 11) is 0. The van der Waals surface area contributed by atoms with Gasteiger partial charge in [0, 0.05) is 6.20 Å². The van der Waals surface area contributed by atoms with Crippen LogP contribution in [0.1, 0.15) is 12.5 Å². The molecule has 0 N–H and O–H groups in total. The lowest BCUT2D eigenvalue weighted by Crippen LogP contribution is -2.14. The molecule has 16 heavy (non-hydrogen) atoms. The molecule has 1 aliphatic carbocycles. The summed E-state index contributed by atoms with van der Waals surface area (Å²) in [4.78, 5) is 14.3. The van der Waals surface area contributed by atoms with Crippen LogP contribution in [0.15, 0.2) is 47.8 Å². The summed E-state index contributed by atoms with van der Waals surface area (Å²) in [6.45, 7) is 0. The number of hydrogen-bond acceptors (Lipinski definition) is 2. The highest BCUT2D eigenvalue weighted by Gasteiger charge is 2.03. The van der Waals surface area contributed by atoms with E-state index in [-0.39, 0.29) is 6.04 Å². The first-order valence-corrected chi connectivity index (χ1v) is 5.36. The zero-order valence-electron chi connectivity index (χ0n) is 8.52. The van der Waals surface area contributed by atoms with Crippen molar-refractivity contribution in [1.82, 2.24) is 9.78 Å². The van der Waals surface area contributed by atoms with E-state index in [1.165, 1.54) is 0 Å². The van der Waals surface area contributed by atoms with E-state index < -0.39 is 5.24 Å². The average Bonchev–Trinajstić information content (AvgIpc) is 2.30. The Hall–Kier alpha value is -1.62. The van der Waals surface area contributed by atoms with Gasteiger partial charge in [0.2, 0.25) is 0 Å². The van der Waals surface area contributed by atoms with Gasteiger partial charge in [0.25, 0.3) is 0 Å². The molecule has 1 aromatic heterocycles. The third kappa shape index (κ3) is 2.70. The van der Waals surface area contributed by atoms with Crippen LogP contribution in [0.5, 0.6) is 0 Å². The van der Waals surface area contributed by atoms with Gasteiger partial charge in [-0.05, 0) is 12.5 Å². The molecule has 0 saturated heterocycles. The standard InChI is InChI=1S/C11H11N3OS/c15-11(16)13-9-6-7-14(12-8-9)10-4-2-1-3-5-10/h2-8,10H,1H2,(H,15,16). The molecule has 0 fully saturated rings. The molecule has 0 bridgehead atoms. The molecule has 5 heteroatoms. The van der Waals surface area contributed by atoms with E-state index in [9.17, 15) is 4.79 Å². The predicted octanol–water partition coefficient (Wildman–Crippen LogP) is 1.89. The van der Waals surface area contributed by atoms with Crippen LogP contribution in [0.3, 0.4) is 0 Å². The van der Waals surface area contributed by atoms with Crippen molar-refractivity contribution in [3.8, 4) is 0 Å². The van der Waals surface area contributed by atoms with Gasteiger partial charge in [-0.25, -0.2) is 4.99 Å². The molecule has 0 radical (unpaired) electrons. The SMILES string of the molecule is O=C(S)N=c1ccn(C2C=CCC=C2)nc1. The molecule has 1 amide bonds. The van der Waals surface area contributed by atoms with Gasteiger partial charge < -0.3 is 0 Å². The molecule has 1 aromatic rings. The monoisotopic (exact) mass is 233 g/mol. The van der Waals surface area contributed by atoms with Gasteiger partial charge in [-0.1, -0.05) is 36.9 Å². The minimum Gasteiger partial charge on any atom is -0.262 e. The number of nitrogens with zero attached hydrogens (tertiary/aromatic N) is 3. The van der Waals surface area contributed by atoms with Crippen molar-refractivity contribution in [3.63, 3.8) is 0 Å². The first kappa shape index (κ1) is 10.9. The highest BCUT2D eigenvalue weighted by atomic mass is 32.1. The number of aromatic nitrogens is 2. The summed E-state index contributed by atoms with van der Waals surface area (Å²) >= 11 is 3.57. The fraction of sp³-hybridized carbons (Fsp3) is 0.182. The quantitative estimate of drug-likeness (QED) is 0.595. The Morgan fingerprint density at radius 3 is 2.81 bits per heavy atom. The molecule has 0 aromatic carbocycles. The number of rotatable bonds is 1. The van der Waals surface area contributed by atoms with Crippen molar-refractivity contribution in [2.45, 2.75) is 12.5 Å². The van der Waals surface area contributed by atoms with Crippen molar-refractivity contribution < 1.29 is 4.79 Å². The number of allylic oxidation sites excluding steroid dienone is 4. The first-order chi connectivity index (χ1) is 7.75. The maximum atomic E-state index is 10.6. The van der Waals surface area contributed by atoms with Gasteiger partial charge in [-0.3, -0.25) is 9.48 Å². The molecule has 2 rings (SSSR count). The second-order valence-electron chi connectivity index (χ2n) is 3.34. The lowest BCUT2D eigenvalue weighted by Gasteiger charge is -2.13. The Bertz CT molecular complexity index is 484. The molecule has 0 atom stereocenters. The Balaban J connectivity index is 2.25. The van der Waals surface area contributed by atoms with E-state index in [1.54, 1.807) is 23.1 Å². The van der Waals surface area contributed by atoms with Crippen LogP contribution in [0.25, 0.3) is 0 Å². The van der Waals surface area contributed by atoms with Crippen molar-refractivity contribution >= 4 is 17.9 Å². The van der Waals surface area contributed by atoms with Gasteiger partial charge in [0.15, 0.2) is 0 Å². The van der Waals surface area contributed by atoms with Crippen molar-refractivity contribution in [3.05, 3.63) is 48.1 Å². The molecule has 82 valence electrons. The van der Waals surface area contributed by atoms with Crippen LogP contribution in [-0.4, -0.2) is 15.0 Å². The summed E-state index contributed by atoms with van der Waals surface area (Å²) in [5.41, 5.74) is 0. The number of amides is 1. The summed E-state index contributed by atoms with van der Waals surface area (Å²) in [5.74, 6) is 0. The number of carbonyl (C=O) groups excluding carboxylic acids is 1. The average molecular weight is 233 g/mol. The van der Waals surface area contributed by atoms with Crippen molar-refractivity contribution in [1.29, 1.82) is 0 Å². The van der Waals surface area contributed by atoms with E-state index in [1.807, 2.05) is 0 Å². The van der Waals surface area contributed by atoms with Crippen molar-refractivity contribution in [2.75, 3.05) is 0 Å². The summed E-state index contributed by atoms with van der Waals surface area (Å²) in [5, 5.41) is 4.19. The molecular formula is C11H11N3OS. The van der Waals surface area contributed by atoms with Crippen LogP contribution in [0.4, 0.5) is 4.79 Å². The summed E-state index contributed by atoms with van der Waals surface area (Å²) < 4.78 is 1.80. The Morgan fingerprint density at radius 1 is 1.50 bits per heavy atom. The first-order valence-electron chi connectivity index (χ1n) is 4.91. The second-order valence-corrected chi connectivity index (χ2v) is 3.72. The highest BCUT2D eigenvalue weighted by Crippen LogP contribution is 2.12. The summed E-state index contributed by atoms with van der Waals surface area (Å²) in [6.07, 6.45) is 12.6. The maximum absolute atomic E-state index is 10.6. The molecular weight excluding hydrogens is 222 g/mol. The van der Waals surface area contributed by atoms with E-state index in [0.29, 0.717) is 5.36 Å². The van der Waals surface area contributed by atoms with Crippen LogP contribution in [0.2, 0.25) is 0 Å². The minimum atomic E-state index is -0.517. The van der Waals surface area contributed by atoms with Crippen LogP contribution in [0, 0.1) is 0 Å². The van der Waals surface area contributed by atoms with E-state index in [4.69, 9.17) is 0 Å². The topological polar surface area (TPSA) is 47.2 Å². The van der Waals surface area contributed by atoms with Gasteiger partial charge in [0.05, 0.1) is 17.6 Å². The highest BCUT2D eigenvalue weighted by molar-refractivity contribution is 7.96. The number of thiol groups is 1. The van der Waals surface area contributed by atoms with E-state index in [0.717, 1.165) is 6.42 Å².